The number of halogens is 3. The number of alkyl halides is 3. The lowest BCUT2D eigenvalue weighted by Crippen LogP contribution is -2.20. The van der Waals surface area contributed by atoms with Gasteiger partial charge in [-0.3, -0.25) is 4.79 Å². The lowest BCUT2D eigenvalue weighted by Gasteiger charge is -2.10. The number of carbonyl (C=O) groups is 1. The van der Waals surface area contributed by atoms with Crippen molar-refractivity contribution in [1.29, 1.82) is 0 Å². The topological polar surface area (TPSA) is 51.2 Å². The molecular formula is C15H13F3N2O2. The molecule has 1 aromatic carbocycles. The average Bonchev–Trinajstić information content (AvgIpc) is 2.47. The van der Waals surface area contributed by atoms with Gasteiger partial charge < -0.3 is 10.1 Å². The molecule has 2 aromatic rings. The molecule has 2 rings (SSSR count). The fraction of sp³-hybridized carbons (Fsp3) is 0.200. The summed E-state index contributed by atoms with van der Waals surface area (Å²) in [5.41, 5.74) is 0.115. The van der Waals surface area contributed by atoms with Crippen LogP contribution in [0.3, 0.4) is 0 Å². The molecule has 0 aliphatic heterocycles. The zero-order chi connectivity index (χ0) is 16.2. The summed E-state index contributed by atoms with van der Waals surface area (Å²) in [5, 5.41) is 2.49. The molecule has 0 atom stereocenters. The lowest BCUT2D eigenvalue weighted by atomic mass is 10.2. The van der Waals surface area contributed by atoms with Crippen LogP contribution in [-0.2, 0) is 11.0 Å². The van der Waals surface area contributed by atoms with Crippen molar-refractivity contribution in [3.63, 3.8) is 0 Å². The molecule has 0 bridgehead atoms. The van der Waals surface area contributed by atoms with E-state index in [9.17, 15) is 18.0 Å². The molecule has 0 radical (unpaired) electrons. The highest BCUT2D eigenvalue weighted by molar-refractivity contribution is 5.90. The van der Waals surface area contributed by atoms with E-state index < -0.39 is 24.3 Å². The van der Waals surface area contributed by atoms with Crippen molar-refractivity contribution < 1.29 is 22.7 Å². The fourth-order valence-electron chi connectivity index (χ4n) is 1.63. The largest absolute Gasteiger partial charge is 0.484 e. The number of nitrogens with one attached hydrogen (secondary N) is 1. The number of pyridine rings is 1. The Bertz CT molecular complexity index is 655. The van der Waals surface area contributed by atoms with Gasteiger partial charge in [-0.05, 0) is 36.8 Å². The summed E-state index contributed by atoms with van der Waals surface area (Å²) in [4.78, 5) is 15.6. The first-order chi connectivity index (χ1) is 10.3. The van der Waals surface area contributed by atoms with E-state index in [1.807, 2.05) is 6.92 Å². The summed E-state index contributed by atoms with van der Waals surface area (Å²) in [6, 6.07) is 7.75. The molecule has 0 aliphatic carbocycles. The third kappa shape index (κ3) is 4.47. The Morgan fingerprint density at radius 3 is 2.68 bits per heavy atom. The molecular weight excluding hydrogens is 297 g/mol. The standard InChI is InChI=1S/C15H13F3N2O2/c1-10-5-6-13(19-8-10)20-14(21)9-22-12-4-2-3-11(7-12)15(16,17)18/h2-8H,9H2,1H3,(H,19,20,21). The predicted molar refractivity (Wildman–Crippen MR) is 74.5 cm³/mol. The highest BCUT2D eigenvalue weighted by Gasteiger charge is 2.30. The summed E-state index contributed by atoms with van der Waals surface area (Å²) in [6.07, 6.45) is -2.86. The molecule has 0 unspecified atom stereocenters. The molecule has 1 aromatic heterocycles. The number of hydrogen-bond donors (Lipinski definition) is 1. The Morgan fingerprint density at radius 2 is 2.05 bits per heavy atom. The van der Waals surface area contributed by atoms with Crippen molar-refractivity contribution in [2.45, 2.75) is 13.1 Å². The zero-order valence-corrected chi connectivity index (χ0v) is 11.6. The van der Waals surface area contributed by atoms with Crippen LogP contribution in [-0.4, -0.2) is 17.5 Å². The highest BCUT2D eigenvalue weighted by Crippen LogP contribution is 2.31. The van der Waals surface area contributed by atoms with Gasteiger partial charge in [0.1, 0.15) is 11.6 Å². The van der Waals surface area contributed by atoms with Crippen LogP contribution in [0.15, 0.2) is 42.6 Å². The van der Waals surface area contributed by atoms with Crippen molar-refractivity contribution in [2.24, 2.45) is 0 Å². The molecule has 0 saturated heterocycles. The maximum Gasteiger partial charge on any atom is 0.416 e. The summed E-state index contributed by atoms with van der Waals surface area (Å²) in [7, 11) is 0. The number of carbonyl (C=O) groups excluding carboxylic acids is 1. The first-order valence-electron chi connectivity index (χ1n) is 6.37. The Morgan fingerprint density at radius 1 is 1.27 bits per heavy atom. The third-order valence-corrected chi connectivity index (χ3v) is 2.71. The Balaban J connectivity index is 1.92. The highest BCUT2D eigenvalue weighted by atomic mass is 19.4. The number of ether oxygens (including phenoxy) is 1. The molecule has 4 nitrogen and oxygen atoms in total. The van der Waals surface area contributed by atoms with Gasteiger partial charge in [0.2, 0.25) is 0 Å². The van der Waals surface area contributed by atoms with Gasteiger partial charge in [0.05, 0.1) is 5.56 Å². The number of rotatable bonds is 4. The second kappa shape index (κ2) is 6.46. The monoisotopic (exact) mass is 310 g/mol. The Kier molecular flexibility index (Phi) is 4.65. The van der Waals surface area contributed by atoms with Gasteiger partial charge in [-0.25, -0.2) is 4.98 Å². The number of hydrogen-bond acceptors (Lipinski definition) is 3. The SMILES string of the molecule is Cc1ccc(NC(=O)COc2cccc(C(F)(F)F)c2)nc1. The van der Waals surface area contributed by atoms with E-state index in [1.165, 1.54) is 12.1 Å². The molecule has 7 heteroatoms. The second-order valence-corrected chi connectivity index (χ2v) is 4.58. The van der Waals surface area contributed by atoms with Gasteiger partial charge in [0.25, 0.3) is 5.91 Å². The van der Waals surface area contributed by atoms with Crippen molar-refractivity contribution in [3.05, 3.63) is 53.7 Å². The van der Waals surface area contributed by atoms with Crippen LogP contribution in [0, 0.1) is 6.92 Å². The molecule has 22 heavy (non-hydrogen) atoms. The lowest BCUT2D eigenvalue weighted by molar-refractivity contribution is -0.137. The second-order valence-electron chi connectivity index (χ2n) is 4.58. The van der Waals surface area contributed by atoms with Crippen LogP contribution >= 0.6 is 0 Å². The van der Waals surface area contributed by atoms with Crippen LogP contribution < -0.4 is 10.1 Å². The normalized spacial score (nSPS) is 11.1. The van der Waals surface area contributed by atoms with Crippen LogP contribution in [0.1, 0.15) is 11.1 Å². The van der Waals surface area contributed by atoms with E-state index in [4.69, 9.17) is 4.74 Å². The van der Waals surface area contributed by atoms with Gasteiger partial charge in [-0.1, -0.05) is 12.1 Å². The fourth-order valence-corrected chi connectivity index (χ4v) is 1.63. The average molecular weight is 310 g/mol. The number of aryl methyl sites for hydroxylation is 1. The van der Waals surface area contributed by atoms with Crippen LogP contribution in [0.4, 0.5) is 19.0 Å². The summed E-state index contributed by atoms with van der Waals surface area (Å²) < 4.78 is 42.7. The number of nitrogens with zero attached hydrogens (tertiary/aromatic N) is 1. The van der Waals surface area contributed by atoms with Crippen molar-refractivity contribution in [3.8, 4) is 5.75 Å². The van der Waals surface area contributed by atoms with Crippen molar-refractivity contribution in [2.75, 3.05) is 11.9 Å². The summed E-state index contributed by atoms with van der Waals surface area (Å²) in [5.74, 6) is -0.182. The van der Waals surface area contributed by atoms with Gasteiger partial charge in [0, 0.05) is 6.20 Å². The summed E-state index contributed by atoms with van der Waals surface area (Å²) >= 11 is 0. The minimum atomic E-state index is -4.45. The number of anilines is 1. The van der Waals surface area contributed by atoms with Crippen LogP contribution in [0.25, 0.3) is 0 Å². The minimum Gasteiger partial charge on any atom is -0.484 e. The quantitative estimate of drug-likeness (QED) is 0.941. The van der Waals surface area contributed by atoms with Gasteiger partial charge >= 0.3 is 6.18 Å². The van der Waals surface area contributed by atoms with Gasteiger partial charge in [0.15, 0.2) is 6.61 Å². The number of aromatic nitrogens is 1. The van der Waals surface area contributed by atoms with E-state index in [-0.39, 0.29) is 5.75 Å². The molecule has 0 aliphatic rings. The predicted octanol–water partition coefficient (Wildman–Crippen LogP) is 3.43. The van der Waals surface area contributed by atoms with Crippen molar-refractivity contribution >= 4 is 11.7 Å². The molecule has 1 heterocycles. The first-order valence-corrected chi connectivity index (χ1v) is 6.37. The van der Waals surface area contributed by atoms with E-state index in [0.717, 1.165) is 17.7 Å². The smallest absolute Gasteiger partial charge is 0.416 e. The number of amides is 1. The van der Waals surface area contributed by atoms with E-state index in [0.29, 0.717) is 5.82 Å². The van der Waals surface area contributed by atoms with Crippen LogP contribution in [0.2, 0.25) is 0 Å². The maximum absolute atomic E-state index is 12.5. The van der Waals surface area contributed by atoms with Gasteiger partial charge in [-0.2, -0.15) is 13.2 Å². The molecule has 0 fully saturated rings. The van der Waals surface area contributed by atoms with Gasteiger partial charge in [-0.15, -0.1) is 0 Å². The molecule has 0 spiro atoms. The minimum absolute atomic E-state index is 0.0261. The third-order valence-electron chi connectivity index (χ3n) is 2.71. The molecule has 0 saturated carbocycles. The van der Waals surface area contributed by atoms with E-state index in [2.05, 4.69) is 10.3 Å². The van der Waals surface area contributed by atoms with E-state index in [1.54, 1.807) is 18.3 Å². The summed E-state index contributed by atoms with van der Waals surface area (Å²) in [6.45, 7) is 1.45. The Labute approximate surface area is 124 Å². The maximum atomic E-state index is 12.5. The molecule has 1 amide bonds. The first kappa shape index (κ1) is 15.8. The van der Waals surface area contributed by atoms with Crippen LogP contribution in [0.5, 0.6) is 5.75 Å². The Hall–Kier alpha value is -2.57. The number of benzene rings is 1. The molecule has 1 N–H and O–H groups in total. The molecule has 116 valence electrons. The van der Waals surface area contributed by atoms with Crippen molar-refractivity contribution in [1.82, 2.24) is 4.98 Å². The zero-order valence-electron chi connectivity index (χ0n) is 11.6. The van der Waals surface area contributed by atoms with E-state index >= 15 is 0 Å².